The first kappa shape index (κ1) is 11.0. The van der Waals surface area contributed by atoms with Crippen molar-refractivity contribution in [2.24, 2.45) is 0 Å². The molecule has 0 fully saturated rings. The van der Waals surface area contributed by atoms with Crippen molar-refractivity contribution in [3.8, 4) is 0 Å². The van der Waals surface area contributed by atoms with Crippen LogP contribution in [0.3, 0.4) is 0 Å². The Hall–Kier alpha value is -2.49. The van der Waals surface area contributed by atoms with Gasteiger partial charge >= 0.3 is 0 Å². The van der Waals surface area contributed by atoms with Gasteiger partial charge in [-0.15, -0.1) is 0 Å². The van der Waals surface area contributed by atoms with Crippen LogP contribution in [0.1, 0.15) is 15.9 Å². The maximum atomic E-state index is 12.0. The highest BCUT2D eigenvalue weighted by molar-refractivity contribution is 6.09. The fourth-order valence-electron chi connectivity index (χ4n) is 1.46. The monoisotopic (exact) mass is 226 g/mol. The standard InChI is InChI=1S/C13H8NO3/c15-13(10-5-2-1-3-6-10)11-7-4-8-12(9-11)14(16)17/h1-7,9H. The van der Waals surface area contributed by atoms with Crippen molar-refractivity contribution in [1.29, 1.82) is 0 Å². The molecule has 0 bridgehead atoms. The lowest BCUT2D eigenvalue weighted by atomic mass is 10.0. The van der Waals surface area contributed by atoms with Crippen LogP contribution in [0.5, 0.6) is 0 Å². The molecule has 0 heterocycles. The molecule has 0 saturated carbocycles. The number of ketones is 1. The van der Waals surface area contributed by atoms with E-state index >= 15 is 0 Å². The van der Waals surface area contributed by atoms with E-state index in [1.165, 1.54) is 18.2 Å². The number of carbonyl (C=O) groups excluding carboxylic acids is 1. The van der Waals surface area contributed by atoms with E-state index in [-0.39, 0.29) is 11.5 Å². The van der Waals surface area contributed by atoms with E-state index in [2.05, 4.69) is 6.07 Å². The van der Waals surface area contributed by atoms with E-state index in [9.17, 15) is 14.9 Å². The summed E-state index contributed by atoms with van der Waals surface area (Å²) >= 11 is 0. The van der Waals surface area contributed by atoms with E-state index in [1.807, 2.05) is 0 Å². The second-order valence-electron chi connectivity index (χ2n) is 3.41. The van der Waals surface area contributed by atoms with Crippen molar-refractivity contribution in [3.63, 3.8) is 0 Å². The van der Waals surface area contributed by atoms with Gasteiger partial charge in [-0.05, 0) is 12.1 Å². The lowest BCUT2D eigenvalue weighted by Crippen LogP contribution is -2.01. The van der Waals surface area contributed by atoms with E-state index in [0.29, 0.717) is 11.1 Å². The fraction of sp³-hybridized carbons (Fsp3) is 0. The Morgan fingerprint density at radius 1 is 1.12 bits per heavy atom. The highest BCUT2D eigenvalue weighted by Crippen LogP contribution is 2.15. The maximum absolute atomic E-state index is 12.0. The van der Waals surface area contributed by atoms with Crippen LogP contribution in [-0.4, -0.2) is 10.7 Å². The zero-order valence-corrected chi connectivity index (χ0v) is 8.79. The summed E-state index contributed by atoms with van der Waals surface area (Å²) in [7, 11) is 0. The first-order chi connectivity index (χ1) is 8.18. The fourth-order valence-corrected chi connectivity index (χ4v) is 1.46. The first-order valence-corrected chi connectivity index (χ1v) is 4.94. The summed E-state index contributed by atoms with van der Waals surface area (Å²) in [5, 5.41) is 10.6. The molecule has 0 saturated heterocycles. The molecule has 0 spiro atoms. The Kier molecular flexibility index (Phi) is 2.96. The topological polar surface area (TPSA) is 60.2 Å². The molecule has 1 radical (unpaired) electrons. The third-order valence-electron chi connectivity index (χ3n) is 2.28. The van der Waals surface area contributed by atoms with Crippen molar-refractivity contribution >= 4 is 11.5 Å². The third kappa shape index (κ3) is 2.36. The quantitative estimate of drug-likeness (QED) is 0.459. The Balaban J connectivity index is 2.38. The average molecular weight is 226 g/mol. The smallest absolute Gasteiger partial charge is 0.278 e. The van der Waals surface area contributed by atoms with Crippen LogP contribution < -0.4 is 0 Å². The molecule has 17 heavy (non-hydrogen) atoms. The molecule has 83 valence electrons. The third-order valence-corrected chi connectivity index (χ3v) is 2.28. The van der Waals surface area contributed by atoms with Gasteiger partial charge in [-0.1, -0.05) is 30.3 Å². The molecule has 0 aliphatic carbocycles. The summed E-state index contributed by atoms with van der Waals surface area (Å²) < 4.78 is 0. The first-order valence-electron chi connectivity index (χ1n) is 4.94. The molecule has 0 aliphatic rings. The molecule has 0 amide bonds. The Bertz CT molecular complexity index is 564. The highest BCUT2D eigenvalue weighted by atomic mass is 16.6. The maximum Gasteiger partial charge on any atom is 0.278 e. The molecule has 2 aromatic rings. The predicted octanol–water partition coefficient (Wildman–Crippen LogP) is 2.63. The van der Waals surface area contributed by atoms with Crippen LogP contribution in [0.2, 0.25) is 0 Å². The van der Waals surface area contributed by atoms with Crippen LogP contribution >= 0.6 is 0 Å². The number of nitrogens with zero attached hydrogens (tertiary/aromatic N) is 1. The Morgan fingerprint density at radius 3 is 2.47 bits per heavy atom. The zero-order chi connectivity index (χ0) is 12.3. The molecule has 2 aromatic carbocycles. The van der Waals surface area contributed by atoms with Crippen LogP contribution in [0, 0.1) is 16.2 Å². The molecule has 0 unspecified atom stereocenters. The molecule has 0 aromatic heterocycles. The van der Waals surface area contributed by atoms with Gasteiger partial charge in [0.05, 0.1) is 11.0 Å². The predicted molar refractivity (Wildman–Crippen MR) is 61.8 cm³/mol. The largest absolute Gasteiger partial charge is 0.289 e. The molecular weight excluding hydrogens is 218 g/mol. The second-order valence-corrected chi connectivity index (χ2v) is 3.41. The van der Waals surface area contributed by atoms with Crippen molar-refractivity contribution in [2.75, 3.05) is 0 Å². The number of benzene rings is 2. The minimum atomic E-state index is -0.568. The normalized spacial score (nSPS) is 9.88. The molecule has 2 rings (SSSR count). The lowest BCUT2D eigenvalue weighted by molar-refractivity contribution is -0.385. The van der Waals surface area contributed by atoms with Crippen LogP contribution in [0.15, 0.2) is 48.5 Å². The number of nitro groups is 1. The van der Waals surface area contributed by atoms with Crippen molar-refractivity contribution < 1.29 is 9.72 Å². The van der Waals surface area contributed by atoms with Gasteiger partial charge in [0.1, 0.15) is 0 Å². The van der Waals surface area contributed by atoms with E-state index < -0.39 is 4.92 Å². The SMILES string of the molecule is O=C(c1ccccc1)c1cc[c]c([N+](=O)[O-])c1. The molecule has 4 heteroatoms. The van der Waals surface area contributed by atoms with Gasteiger partial charge in [0.25, 0.3) is 5.69 Å². The lowest BCUT2D eigenvalue weighted by Gasteiger charge is -2.00. The Labute approximate surface area is 97.7 Å². The average Bonchev–Trinajstić information content (AvgIpc) is 2.39. The molecule has 0 atom stereocenters. The van der Waals surface area contributed by atoms with Gasteiger partial charge < -0.3 is 0 Å². The molecular formula is C13H8NO3. The minimum Gasteiger partial charge on any atom is -0.289 e. The van der Waals surface area contributed by atoms with Gasteiger partial charge in [-0.2, -0.15) is 0 Å². The summed E-state index contributed by atoms with van der Waals surface area (Å²) in [6.07, 6.45) is 0. The van der Waals surface area contributed by atoms with Gasteiger partial charge in [-0.3, -0.25) is 14.9 Å². The summed E-state index contributed by atoms with van der Waals surface area (Å²) in [5.74, 6) is -0.234. The van der Waals surface area contributed by atoms with Crippen molar-refractivity contribution in [2.45, 2.75) is 0 Å². The summed E-state index contributed by atoms with van der Waals surface area (Å²) in [6, 6.07) is 15.2. The van der Waals surface area contributed by atoms with Crippen LogP contribution in [-0.2, 0) is 0 Å². The molecule has 0 N–H and O–H groups in total. The Morgan fingerprint density at radius 2 is 1.82 bits per heavy atom. The minimum absolute atomic E-state index is 0.202. The van der Waals surface area contributed by atoms with Gasteiger partial charge in [0.2, 0.25) is 0 Å². The zero-order valence-electron chi connectivity index (χ0n) is 8.79. The van der Waals surface area contributed by atoms with E-state index in [0.717, 1.165) is 0 Å². The van der Waals surface area contributed by atoms with Crippen molar-refractivity contribution in [3.05, 3.63) is 75.8 Å². The van der Waals surface area contributed by atoms with Crippen molar-refractivity contribution in [1.82, 2.24) is 0 Å². The second kappa shape index (κ2) is 4.57. The number of rotatable bonds is 3. The van der Waals surface area contributed by atoms with E-state index in [4.69, 9.17) is 0 Å². The number of carbonyl (C=O) groups is 1. The summed E-state index contributed by atoms with van der Waals surface area (Å²) in [4.78, 5) is 22.0. The highest BCUT2D eigenvalue weighted by Gasteiger charge is 2.12. The van der Waals surface area contributed by atoms with Gasteiger partial charge in [0, 0.05) is 17.2 Å². The molecule has 4 nitrogen and oxygen atoms in total. The number of hydrogen-bond acceptors (Lipinski definition) is 3. The number of nitro benzene ring substituents is 1. The number of non-ortho nitro benzene ring substituents is 1. The molecule has 0 aliphatic heterocycles. The van der Waals surface area contributed by atoms with E-state index in [1.54, 1.807) is 30.3 Å². The van der Waals surface area contributed by atoms with Crippen LogP contribution in [0.4, 0.5) is 5.69 Å². The number of hydrogen-bond donors (Lipinski definition) is 0. The van der Waals surface area contributed by atoms with Gasteiger partial charge in [-0.25, -0.2) is 0 Å². The summed E-state index contributed by atoms with van der Waals surface area (Å²) in [5.41, 5.74) is 0.599. The summed E-state index contributed by atoms with van der Waals surface area (Å²) in [6.45, 7) is 0. The van der Waals surface area contributed by atoms with Gasteiger partial charge in [0.15, 0.2) is 5.78 Å². The van der Waals surface area contributed by atoms with Crippen LogP contribution in [0.25, 0.3) is 0 Å².